The summed E-state index contributed by atoms with van der Waals surface area (Å²) in [5.41, 5.74) is 0.823. The second-order valence-corrected chi connectivity index (χ2v) is 8.12. The number of ketones is 1. The smallest absolute Gasteiger partial charge is 0.270 e. The molecule has 1 fully saturated rings. The van der Waals surface area contributed by atoms with Gasteiger partial charge >= 0.3 is 0 Å². The first kappa shape index (κ1) is 18.9. The highest BCUT2D eigenvalue weighted by atomic mass is 32.2. The summed E-state index contributed by atoms with van der Waals surface area (Å²) >= 11 is 0. The lowest BCUT2D eigenvalue weighted by Crippen LogP contribution is -2.27. The molecule has 3 rings (SSSR count). The molecule has 0 radical (unpaired) electrons. The van der Waals surface area contributed by atoms with Crippen LogP contribution in [-0.4, -0.2) is 36.5 Å². The number of hydrogen-bond acceptors (Lipinski definition) is 5. The van der Waals surface area contributed by atoms with Crippen LogP contribution in [0.5, 0.6) is 0 Å². The highest BCUT2D eigenvalue weighted by Crippen LogP contribution is 2.21. The molecule has 2 aromatic rings. The molecule has 0 N–H and O–H groups in total. The number of carbonyl (C=O) groups is 1. The molecule has 27 heavy (non-hydrogen) atoms. The summed E-state index contributed by atoms with van der Waals surface area (Å²) in [5.74, 6) is -0.313. The summed E-state index contributed by atoms with van der Waals surface area (Å²) in [4.78, 5) is 22.7. The fourth-order valence-corrected chi connectivity index (χ4v) is 4.40. The number of carbonyl (C=O) groups excluding carboxylic acids is 1. The Balaban J connectivity index is 1.74. The molecule has 0 bridgehead atoms. The van der Waals surface area contributed by atoms with E-state index in [0.717, 1.165) is 12.8 Å². The van der Waals surface area contributed by atoms with Crippen LogP contribution in [0.4, 0.5) is 5.69 Å². The molecule has 7 nitrogen and oxygen atoms in total. The maximum atomic E-state index is 12.5. The number of allylic oxidation sites excluding steroid dienone is 1. The van der Waals surface area contributed by atoms with Crippen molar-refractivity contribution in [3.8, 4) is 0 Å². The third-order valence-electron chi connectivity index (χ3n) is 4.35. The van der Waals surface area contributed by atoms with Gasteiger partial charge in [0.2, 0.25) is 10.0 Å². The zero-order valence-electron chi connectivity index (χ0n) is 14.4. The quantitative estimate of drug-likeness (QED) is 0.328. The molecule has 0 spiro atoms. The van der Waals surface area contributed by atoms with Crippen molar-refractivity contribution in [3.05, 3.63) is 75.8 Å². The Labute approximate surface area is 157 Å². The molecule has 2 aromatic carbocycles. The lowest BCUT2D eigenvalue weighted by molar-refractivity contribution is -0.384. The monoisotopic (exact) mass is 386 g/mol. The molecule has 0 aliphatic carbocycles. The Morgan fingerprint density at radius 3 is 2.37 bits per heavy atom. The Kier molecular flexibility index (Phi) is 5.48. The molecule has 8 heteroatoms. The standard InChI is InChI=1S/C19H18N2O5S/c22-19(11-6-15-4-3-5-17(14-15)21(23)24)16-7-9-18(10-8-16)27(25,26)20-12-1-2-13-20/h3-11,14H,1-2,12-13H2/b11-6+. The van der Waals surface area contributed by atoms with E-state index in [2.05, 4.69) is 0 Å². The average molecular weight is 386 g/mol. The first-order chi connectivity index (χ1) is 12.9. The van der Waals surface area contributed by atoms with Gasteiger partial charge in [0.05, 0.1) is 9.82 Å². The van der Waals surface area contributed by atoms with Gasteiger partial charge in [0.25, 0.3) is 5.69 Å². The maximum Gasteiger partial charge on any atom is 0.270 e. The van der Waals surface area contributed by atoms with Gasteiger partial charge < -0.3 is 0 Å². The van der Waals surface area contributed by atoms with Crippen LogP contribution < -0.4 is 0 Å². The molecular formula is C19H18N2O5S. The topological polar surface area (TPSA) is 97.6 Å². The van der Waals surface area contributed by atoms with Crippen molar-refractivity contribution in [2.45, 2.75) is 17.7 Å². The summed E-state index contributed by atoms with van der Waals surface area (Å²) in [5, 5.41) is 10.8. The molecule has 1 aliphatic heterocycles. The second-order valence-electron chi connectivity index (χ2n) is 6.19. The van der Waals surface area contributed by atoms with E-state index in [4.69, 9.17) is 0 Å². The van der Waals surface area contributed by atoms with Gasteiger partial charge in [-0.2, -0.15) is 4.31 Å². The van der Waals surface area contributed by atoms with Crippen LogP contribution in [0, 0.1) is 10.1 Å². The molecule has 1 saturated heterocycles. The number of nitro benzene ring substituents is 1. The highest BCUT2D eigenvalue weighted by molar-refractivity contribution is 7.89. The number of nitro groups is 1. The third kappa shape index (κ3) is 4.29. The van der Waals surface area contributed by atoms with Gasteiger partial charge in [-0.3, -0.25) is 14.9 Å². The van der Waals surface area contributed by atoms with Crippen LogP contribution in [0.25, 0.3) is 6.08 Å². The number of nitrogens with zero attached hydrogens (tertiary/aromatic N) is 2. The zero-order chi connectivity index (χ0) is 19.4. The van der Waals surface area contributed by atoms with E-state index in [0.29, 0.717) is 24.2 Å². The van der Waals surface area contributed by atoms with Crippen LogP contribution in [0.3, 0.4) is 0 Å². The van der Waals surface area contributed by atoms with Crippen LogP contribution in [0.15, 0.2) is 59.5 Å². The van der Waals surface area contributed by atoms with Crippen LogP contribution >= 0.6 is 0 Å². The van der Waals surface area contributed by atoms with Gasteiger partial charge in [-0.15, -0.1) is 0 Å². The lowest BCUT2D eigenvalue weighted by atomic mass is 10.1. The maximum absolute atomic E-state index is 12.5. The number of non-ortho nitro benzene ring substituents is 1. The summed E-state index contributed by atoms with van der Waals surface area (Å²) < 4.78 is 26.4. The van der Waals surface area contributed by atoms with Crippen molar-refractivity contribution in [1.82, 2.24) is 4.31 Å². The van der Waals surface area contributed by atoms with Crippen molar-refractivity contribution in [2.24, 2.45) is 0 Å². The summed E-state index contributed by atoms with van der Waals surface area (Å²) in [6, 6.07) is 11.8. The molecule has 0 aromatic heterocycles. The van der Waals surface area contributed by atoms with E-state index in [1.807, 2.05) is 0 Å². The number of rotatable bonds is 6. The summed E-state index contributed by atoms with van der Waals surface area (Å²) in [7, 11) is -3.51. The molecule has 140 valence electrons. The summed E-state index contributed by atoms with van der Waals surface area (Å²) in [6.45, 7) is 1.05. The number of sulfonamides is 1. The van der Waals surface area contributed by atoms with Crippen molar-refractivity contribution in [3.63, 3.8) is 0 Å². The van der Waals surface area contributed by atoms with Crippen molar-refractivity contribution in [1.29, 1.82) is 0 Å². The summed E-state index contributed by atoms with van der Waals surface area (Å²) in [6.07, 6.45) is 4.52. The van der Waals surface area contributed by atoms with Crippen molar-refractivity contribution in [2.75, 3.05) is 13.1 Å². The molecular weight excluding hydrogens is 368 g/mol. The largest absolute Gasteiger partial charge is 0.289 e. The van der Waals surface area contributed by atoms with Crippen LogP contribution in [-0.2, 0) is 10.0 Å². The van der Waals surface area contributed by atoms with E-state index in [1.165, 1.54) is 52.9 Å². The van der Waals surface area contributed by atoms with E-state index in [-0.39, 0.29) is 16.4 Å². The van der Waals surface area contributed by atoms with Gasteiger partial charge in [0, 0.05) is 30.8 Å². The second kappa shape index (κ2) is 7.81. The minimum Gasteiger partial charge on any atom is -0.289 e. The minimum atomic E-state index is -3.51. The lowest BCUT2D eigenvalue weighted by Gasteiger charge is -2.15. The van der Waals surface area contributed by atoms with Crippen molar-refractivity contribution < 1.29 is 18.1 Å². The molecule has 0 unspecified atom stereocenters. The van der Waals surface area contributed by atoms with Gasteiger partial charge in [-0.05, 0) is 48.7 Å². The highest BCUT2D eigenvalue weighted by Gasteiger charge is 2.27. The molecule has 0 saturated carbocycles. The van der Waals surface area contributed by atoms with E-state index in [1.54, 1.807) is 12.1 Å². The van der Waals surface area contributed by atoms with E-state index < -0.39 is 14.9 Å². The number of benzene rings is 2. The van der Waals surface area contributed by atoms with Crippen LogP contribution in [0.1, 0.15) is 28.8 Å². The Morgan fingerprint density at radius 2 is 1.74 bits per heavy atom. The predicted octanol–water partition coefficient (Wildman–Crippen LogP) is 3.28. The normalized spacial score (nSPS) is 15.3. The molecule has 1 aliphatic rings. The van der Waals surface area contributed by atoms with Gasteiger partial charge in [0.1, 0.15) is 0 Å². The number of hydrogen-bond donors (Lipinski definition) is 0. The van der Waals surface area contributed by atoms with Crippen LogP contribution in [0.2, 0.25) is 0 Å². The zero-order valence-corrected chi connectivity index (χ0v) is 15.3. The van der Waals surface area contributed by atoms with Crippen molar-refractivity contribution >= 4 is 27.6 Å². The fourth-order valence-electron chi connectivity index (χ4n) is 2.88. The molecule has 0 atom stereocenters. The first-order valence-electron chi connectivity index (χ1n) is 8.45. The van der Waals surface area contributed by atoms with Gasteiger partial charge in [0.15, 0.2) is 5.78 Å². The Morgan fingerprint density at radius 1 is 1.07 bits per heavy atom. The fraction of sp³-hybridized carbons (Fsp3) is 0.211. The van der Waals surface area contributed by atoms with Gasteiger partial charge in [-0.25, -0.2) is 8.42 Å². The van der Waals surface area contributed by atoms with E-state index in [9.17, 15) is 23.3 Å². The van der Waals surface area contributed by atoms with Gasteiger partial charge in [-0.1, -0.05) is 18.2 Å². The van der Waals surface area contributed by atoms with E-state index >= 15 is 0 Å². The Hall–Kier alpha value is -2.84. The molecule has 1 heterocycles. The SMILES string of the molecule is O=C(/C=C/c1cccc([N+](=O)[O-])c1)c1ccc(S(=O)(=O)N2CCCC2)cc1. The average Bonchev–Trinajstić information content (AvgIpc) is 3.22. The Bertz CT molecular complexity index is 991. The predicted molar refractivity (Wildman–Crippen MR) is 101 cm³/mol. The molecule has 0 amide bonds. The minimum absolute atomic E-state index is 0.0546. The first-order valence-corrected chi connectivity index (χ1v) is 9.89. The third-order valence-corrected chi connectivity index (χ3v) is 6.26.